The minimum absolute atomic E-state index is 0.00764. The third-order valence-corrected chi connectivity index (χ3v) is 7.26. The van der Waals surface area contributed by atoms with Crippen LogP contribution in [0.15, 0.2) is 77.0 Å². The molecule has 1 heterocycles. The average Bonchev–Trinajstić information content (AvgIpc) is 3.22. The lowest BCUT2D eigenvalue weighted by atomic mass is 10.2. The maximum atomic E-state index is 13.2. The van der Waals surface area contributed by atoms with Crippen molar-refractivity contribution in [2.75, 3.05) is 6.54 Å². The molecular weight excluding hydrogens is 401 g/mol. The number of amides is 1. The van der Waals surface area contributed by atoms with Gasteiger partial charge in [-0.25, -0.2) is 17.6 Å². The SMILES string of the molecule is O=C(NCC(c1cccs1)S(=O)(=O)c1ccc(F)cc1)OCc1ccccc1. The van der Waals surface area contributed by atoms with E-state index in [4.69, 9.17) is 4.74 Å². The molecule has 1 atom stereocenters. The van der Waals surface area contributed by atoms with Crippen LogP contribution in [-0.4, -0.2) is 21.1 Å². The van der Waals surface area contributed by atoms with Crippen LogP contribution in [0.5, 0.6) is 0 Å². The van der Waals surface area contributed by atoms with Crippen molar-refractivity contribution >= 4 is 27.3 Å². The van der Waals surface area contributed by atoms with Gasteiger partial charge < -0.3 is 10.1 Å². The molecule has 0 saturated carbocycles. The van der Waals surface area contributed by atoms with Gasteiger partial charge in [-0.3, -0.25) is 0 Å². The van der Waals surface area contributed by atoms with Crippen LogP contribution in [0.2, 0.25) is 0 Å². The monoisotopic (exact) mass is 419 g/mol. The van der Waals surface area contributed by atoms with Gasteiger partial charge in [0.15, 0.2) is 9.84 Å². The molecule has 1 amide bonds. The molecule has 1 unspecified atom stereocenters. The van der Waals surface area contributed by atoms with Gasteiger partial charge in [0.2, 0.25) is 0 Å². The van der Waals surface area contributed by atoms with E-state index in [9.17, 15) is 17.6 Å². The summed E-state index contributed by atoms with van der Waals surface area (Å²) in [6, 6.07) is 17.2. The van der Waals surface area contributed by atoms with Crippen molar-refractivity contribution < 1.29 is 22.3 Å². The Morgan fingerprint density at radius 2 is 1.75 bits per heavy atom. The highest BCUT2D eigenvalue weighted by atomic mass is 32.2. The van der Waals surface area contributed by atoms with Crippen LogP contribution in [0.25, 0.3) is 0 Å². The van der Waals surface area contributed by atoms with E-state index in [-0.39, 0.29) is 18.0 Å². The van der Waals surface area contributed by atoms with Crippen LogP contribution in [0.1, 0.15) is 15.7 Å². The topological polar surface area (TPSA) is 72.5 Å². The van der Waals surface area contributed by atoms with Crippen LogP contribution in [0, 0.1) is 5.82 Å². The van der Waals surface area contributed by atoms with Crippen LogP contribution in [0.3, 0.4) is 0 Å². The number of nitrogens with one attached hydrogen (secondary N) is 1. The standard InChI is InChI=1S/C20H18FNO4S2/c21-16-8-10-17(11-9-16)28(24,25)19(18-7-4-12-27-18)13-22-20(23)26-14-15-5-2-1-3-6-15/h1-12,19H,13-14H2,(H,22,23). The van der Waals surface area contributed by atoms with Crippen molar-refractivity contribution in [3.63, 3.8) is 0 Å². The molecule has 28 heavy (non-hydrogen) atoms. The highest BCUT2D eigenvalue weighted by Crippen LogP contribution is 2.31. The number of halogens is 1. The summed E-state index contributed by atoms with van der Waals surface area (Å²) in [4.78, 5) is 12.6. The molecule has 0 radical (unpaired) electrons. The highest BCUT2D eigenvalue weighted by Gasteiger charge is 2.30. The molecule has 0 saturated heterocycles. The molecule has 1 N–H and O–H groups in total. The van der Waals surface area contributed by atoms with Crippen LogP contribution < -0.4 is 5.32 Å². The second kappa shape index (κ2) is 8.99. The number of ether oxygens (including phenoxy) is 1. The minimum Gasteiger partial charge on any atom is -0.445 e. The molecule has 2 aromatic carbocycles. The van der Waals surface area contributed by atoms with Gasteiger partial charge in [0.1, 0.15) is 17.7 Å². The average molecular weight is 419 g/mol. The molecule has 146 valence electrons. The maximum absolute atomic E-state index is 13.2. The normalized spacial score (nSPS) is 12.3. The lowest BCUT2D eigenvalue weighted by Crippen LogP contribution is -2.32. The zero-order valence-electron chi connectivity index (χ0n) is 14.7. The summed E-state index contributed by atoms with van der Waals surface area (Å²) >= 11 is 1.27. The fraction of sp³-hybridized carbons (Fsp3) is 0.150. The number of hydrogen-bond donors (Lipinski definition) is 1. The number of hydrogen-bond acceptors (Lipinski definition) is 5. The molecule has 5 nitrogen and oxygen atoms in total. The quantitative estimate of drug-likeness (QED) is 0.579. The maximum Gasteiger partial charge on any atom is 0.407 e. The van der Waals surface area contributed by atoms with Gasteiger partial charge in [0.05, 0.1) is 4.90 Å². The number of sulfone groups is 1. The molecule has 0 aliphatic rings. The van der Waals surface area contributed by atoms with Crippen molar-refractivity contribution in [1.29, 1.82) is 0 Å². The van der Waals surface area contributed by atoms with Crippen LogP contribution >= 0.6 is 11.3 Å². The summed E-state index contributed by atoms with van der Waals surface area (Å²) in [6.45, 7) is -0.0745. The first-order chi connectivity index (χ1) is 13.5. The van der Waals surface area contributed by atoms with Crippen molar-refractivity contribution in [3.8, 4) is 0 Å². The molecule has 8 heteroatoms. The summed E-state index contributed by atoms with van der Waals surface area (Å²) in [7, 11) is -3.83. The fourth-order valence-corrected chi connectivity index (χ4v) is 5.36. The van der Waals surface area contributed by atoms with Gasteiger partial charge in [-0.2, -0.15) is 0 Å². The summed E-state index contributed by atoms with van der Waals surface area (Å²) in [5.74, 6) is -0.519. The third-order valence-electron chi connectivity index (χ3n) is 4.02. The van der Waals surface area contributed by atoms with E-state index >= 15 is 0 Å². The van der Waals surface area contributed by atoms with Gasteiger partial charge in [-0.1, -0.05) is 36.4 Å². The Kier molecular flexibility index (Phi) is 6.43. The third kappa shape index (κ3) is 4.96. The van der Waals surface area contributed by atoms with Gasteiger partial charge >= 0.3 is 6.09 Å². The van der Waals surface area contributed by atoms with E-state index in [0.29, 0.717) is 4.88 Å². The fourth-order valence-electron chi connectivity index (χ4n) is 2.58. The molecule has 0 aliphatic carbocycles. The predicted molar refractivity (Wildman–Crippen MR) is 105 cm³/mol. The Morgan fingerprint density at radius 1 is 1.04 bits per heavy atom. The number of alkyl carbamates (subject to hydrolysis) is 1. The lowest BCUT2D eigenvalue weighted by Gasteiger charge is -2.17. The Morgan fingerprint density at radius 3 is 2.39 bits per heavy atom. The molecule has 0 bridgehead atoms. The Balaban J connectivity index is 1.71. The van der Waals surface area contributed by atoms with Crippen molar-refractivity contribution in [2.24, 2.45) is 0 Å². The molecule has 1 aromatic heterocycles. The molecule has 0 fully saturated rings. The second-order valence-electron chi connectivity index (χ2n) is 5.95. The number of benzene rings is 2. The molecule has 0 spiro atoms. The van der Waals surface area contributed by atoms with Crippen molar-refractivity contribution in [1.82, 2.24) is 5.32 Å². The Bertz CT molecular complexity index is 1000. The first-order valence-electron chi connectivity index (χ1n) is 8.44. The van der Waals surface area contributed by atoms with Gasteiger partial charge in [0, 0.05) is 11.4 Å². The summed E-state index contributed by atoms with van der Waals surface area (Å²) in [5.41, 5.74) is 0.825. The molecule has 0 aliphatic heterocycles. The van der Waals surface area contributed by atoms with Gasteiger partial charge in [0.25, 0.3) is 0 Å². The van der Waals surface area contributed by atoms with E-state index in [1.807, 2.05) is 30.3 Å². The molecular formula is C20H18FNO4S2. The van der Waals surface area contributed by atoms with Gasteiger partial charge in [-0.15, -0.1) is 11.3 Å². The van der Waals surface area contributed by atoms with Crippen molar-refractivity contribution in [2.45, 2.75) is 16.8 Å². The minimum atomic E-state index is -3.83. The number of carbonyl (C=O) groups excluding carboxylic acids is 1. The van der Waals surface area contributed by atoms with Crippen LogP contribution in [0.4, 0.5) is 9.18 Å². The number of carbonyl (C=O) groups is 1. The second-order valence-corrected chi connectivity index (χ2v) is 9.06. The van der Waals surface area contributed by atoms with Crippen molar-refractivity contribution in [3.05, 3.63) is 88.4 Å². The Labute approximate surface area is 166 Å². The summed E-state index contributed by atoms with van der Waals surface area (Å²) in [5, 5.41) is 3.28. The largest absolute Gasteiger partial charge is 0.445 e. The highest BCUT2D eigenvalue weighted by molar-refractivity contribution is 7.91. The van der Waals surface area contributed by atoms with E-state index in [1.165, 1.54) is 23.5 Å². The zero-order chi connectivity index (χ0) is 20.0. The summed E-state index contributed by atoms with van der Waals surface area (Å²) < 4.78 is 44.4. The number of thiophene rings is 1. The van der Waals surface area contributed by atoms with E-state index in [0.717, 1.165) is 17.7 Å². The Hall–Kier alpha value is -2.71. The van der Waals surface area contributed by atoms with E-state index < -0.39 is 27.0 Å². The summed E-state index contributed by atoms with van der Waals surface area (Å²) in [6.07, 6.45) is -0.709. The molecule has 3 aromatic rings. The molecule has 3 rings (SSSR count). The smallest absolute Gasteiger partial charge is 0.407 e. The first kappa shape index (κ1) is 20.0. The zero-order valence-corrected chi connectivity index (χ0v) is 16.4. The predicted octanol–water partition coefficient (Wildman–Crippen LogP) is 4.33. The van der Waals surface area contributed by atoms with Gasteiger partial charge in [-0.05, 0) is 41.3 Å². The lowest BCUT2D eigenvalue weighted by molar-refractivity contribution is 0.139. The van der Waals surface area contributed by atoms with Crippen LogP contribution in [-0.2, 0) is 21.2 Å². The van der Waals surface area contributed by atoms with E-state index in [1.54, 1.807) is 17.5 Å². The first-order valence-corrected chi connectivity index (χ1v) is 10.9. The number of rotatable bonds is 7. The van der Waals surface area contributed by atoms with E-state index in [2.05, 4.69) is 5.32 Å².